The number of sulfonamides is 1. The van der Waals surface area contributed by atoms with Crippen LogP contribution < -0.4 is 4.72 Å². The zero-order valence-corrected chi connectivity index (χ0v) is 12.7. The molecule has 120 valence electrons. The summed E-state index contributed by atoms with van der Waals surface area (Å²) in [7, 11) is -3.88. The number of fused-ring (bicyclic) bond motifs is 1. The molecule has 2 aromatic heterocycles. The Hall–Kier alpha value is -2.95. The lowest BCUT2D eigenvalue weighted by Gasteiger charge is -2.05. The molecule has 0 amide bonds. The first-order valence-corrected chi connectivity index (χ1v) is 8.03. The molecule has 0 fully saturated rings. The van der Waals surface area contributed by atoms with Gasteiger partial charge in [-0.05, 0) is 25.1 Å². The molecule has 0 aliphatic heterocycles. The van der Waals surface area contributed by atoms with Gasteiger partial charge in [-0.1, -0.05) is 0 Å². The van der Waals surface area contributed by atoms with Gasteiger partial charge in [-0.3, -0.25) is 9.82 Å². The summed E-state index contributed by atoms with van der Waals surface area (Å²) in [5.41, 5.74) is 0.532. The monoisotopic (exact) mass is 336 g/mol. The van der Waals surface area contributed by atoms with Gasteiger partial charge in [0, 0.05) is 5.39 Å². The third kappa shape index (κ3) is 2.73. The summed E-state index contributed by atoms with van der Waals surface area (Å²) in [6.07, 6.45) is 1.16. The summed E-state index contributed by atoms with van der Waals surface area (Å²) in [6, 6.07) is 4.38. The number of aromatic carboxylic acids is 1. The Morgan fingerprint density at radius 1 is 1.43 bits per heavy atom. The van der Waals surface area contributed by atoms with Crippen LogP contribution >= 0.6 is 0 Å². The number of aryl methyl sites for hydroxylation is 1. The van der Waals surface area contributed by atoms with Crippen LogP contribution in [-0.2, 0) is 16.6 Å². The maximum atomic E-state index is 12.2. The summed E-state index contributed by atoms with van der Waals surface area (Å²) in [6.45, 7) is 2.24. The Bertz CT molecular complexity index is 990. The number of hydrogen-bond acceptors (Lipinski definition) is 6. The van der Waals surface area contributed by atoms with Crippen molar-refractivity contribution in [2.24, 2.45) is 0 Å². The average molecular weight is 336 g/mol. The standard InChI is InChI=1S/C12H12N6O4S/c1-2-18-13-6-10(16-18)23(21,22)17-7-3-4-8-9(5-7)14-15-11(8)12(19)20/h3-6,17H,2H2,1H3,(H,14,15)(H,19,20). The van der Waals surface area contributed by atoms with Crippen molar-refractivity contribution in [2.45, 2.75) is 18.5 Å². The van der Waals surface area contributed by atoms with Gasteiger partial charge in [-0.25, -0.2) is 4.79 Å². The number of carbonyl (C=O) groups is 1. The first-order valence-electron chi connectivity index (χ1n) is 6.55. The molecule has 3 aromatic rings. The second kappa shape index (κ2) is 5.35. The number of nitrogens with zero attached hydrogens (tertiary/aromatic N) is 4. The Kier molecular flexibility index (Phi) is 3.48. The zero-order chi connectivity index (χ0) is 16.6. The normalized spacial score (nSPS) is 11.7. The number of hydrogen-bond donors (Lipinski definition) is 3. The van der Waals surface area contributed by atoms with E-state index in [2.05, 4.69) is 25.1 Å². The van der Waals surface area contributed by atoms with Crippen LogP contribution in [0, 0.1) is 0 Å². The number of nitrogens with one attached hydrogen (secondary N) is 2. The Morgan fingerprint density at radius 3 is 2.87 bits per heavy atom. The fraction of sp³-hybridized carbons (Fsp3) is 0.167. The van der Waals surface area contributed by atoms with Crippen molar-refractivity contribution in [1.82, 2.24) is 25.2 Å². The lowest BCUT2D eigenvalue weighted by Crippen LogP contribution is -2.14. The molecule has 0 saturated carbocycles. The van der Waals surface area contributed by atoms with E-state index in [1.165, 1.54) is 23.0 Å². The number of anilines is 1. The number of rotatable bonds is 5. The predicted molar refractivity (Wildman–Crippen MR) is 79.6 cm³/mol. The summed E-state index contributed by atoms with van der Waals surface area (Å²) < 4.78 is 26.8. The molecule has 23 heavy (non-hydrogen) atoms. The van der Waals surface area contributed by atoms with Crippen LogP contribution in [0.5, 0.6) is 0 Å². The smallest absolute Gasteiger partial charge is 0.357 e. The fourth-order valence-corrected chi connectivity index (χ4v) is 2.94. The van der Waals surface area contributed by atoms with Gasteiger partial charge < -0.3 is 5.11 Å². The van der Waals surface area contributed by atoms with Crippen LogP contribution in [0.1, 0.15) is 17.4 Å². The van der Waals surface area contributed by atoms with Crippen LogP contribution in [0.25, 0.3) is 10.9 Å². The molecule has 0 aliphatic rings. The minimum atomic E-state index is -3.88. The van der Waals surface area contributed by atoms with Crippen molar-refractivity contribution >= 4 is 32.6 Å². The van der Waals surface area contributed by atoms with Crippen LogP contribution in [0.15, 0.2) is 29.4 Å². The largest absolute Gasteiger partial charge is 0.476 e. The number of H-pyrrole nitrogens is 1. The molecule has 0 saturated heterocycles. The molecule has 2 heterocycles. The van der Waals surface area contributed by atoms with Crippen molar-refractivity contribution in [1.29, 1.82) is 0 Å². The van der Waals surface area contributed by atoms with Gasteiger partial charge in [-0.2, -0.15) is 23.4 Å². The maximum absolute atomic E-state index is 12.2. The molecule has 1 aromatic carbocycles. The highest BCUT2D eigenvalue weighted by atomic mass is 32.2. The average Bonchev–Trinajstić information content (AvgIpc) is 3.13. The van der Waals surface area contributed by atoms with Gasteiger partial charge in [0.15, 0.2) is 5.69 Å². The number of aromatic amines is 1. The molecule has 0 bridgehead atoms. The lowest BCUT2D eigenvalue weighted by atomic mass is 10.2. The first-order chi connectivity index (χ1) is 10.9. The van der Waals surface area contributed by atoms with E-state index in [4.69, 9.17) is 5.11 Å². The minimum Gasteiger partial charge on any atom is -0.476 e. The van der Waals surface area contributed by atoms with E-state index >= 15 is 0 Å². The van der Waals surface area contributed by atoms with Crippen molar-refractivity contribution in [2.75, 3.05) is 4.72 Å². The number of benzene rings is 1. The summed E-state index contributed by atoms with van der Waals surface area (Å²) in [4.78, 5) is 12.2. The first kappa shape index (κ1) is 15.0. The SMILES string of the molecule is CCn1ncc(S(=O)(=O)Nc2ccc3c(C(=O)O)n[nH]c3c2)n1. The van der Waals surface area contributed by atoms with E-state index in [0.29, 0.717) is 17.4 Å². The van der Waals surface area contributed by atoms with E-state index in [0.717, 1.165) is 6.20 Å². The molecular weight excluding hydrogens is 324 g/mol. The van der Waals surface area contributed by atoms with Crippen molar-refractivity contribution < 1.29 is 18.3 Å². The minimum absolute atomic E-state index is 0.125. The zero-order valence-electron chi connectivity index (χ0n) is 11.9. The Labute approximate surface area is 130 Å². The third-order valence-electron chi connectivity index (χ3n) is 3.09. The van der Waals surface area contributed by atoms with E-state index in [1.807, 2.05) is 0 Å². The lowest BCUT2D eigenvalue weighted by molar-refractivity contribution is 0.0692. The van der Waals surface area contributed by atoms with Crippen LogP contribution in [0.4, 0.5) is 5.69 Å². The number of carboxylic acid groups (broad SMARTS) is 1. The third-order valence-corrected chi connectivity index (χ3v) is 4.33. The fourth-order valence-electron chi connectivity index (χ4n) is 2.01. The van der Waals surface area contributed by atoms with Crippen molar-refractivity contribution in [3.8, 4) is 0 Å². The molecule has 0 spiro atoms. The summed E-state index contributed by atoms with van der Waals surface area (Å²) >= 11 is 0. The van der Waals surface area contributed by atoms with Gasteiger partial charge in [0.1, 0.15) is 0 Å². The molecule has 0 atom stereocenters. The molecule has 3 rings (SSSR count). The Balaban J connectivity index is 1.93. The van der Waals surface area contributed by atoms with E-state index in [9.17, 15) is 13.2 Å². The highest BCUT2D eigenvalue weighted by molar-refractivity contribution is 7.92. The van der Waals surface area contributed by atoms with E-state index in [1.54, 1.807) is 6.92 Å². The van der Waals surface area contributed by atoms with E-state index in [-0.39, 0.29) is 16.4 Å². The summed E-state index contributed by atoms with van der Waals surface area (Å²) in [5, 5.41) is 23.1. The number of carboxylic acids is 1. The molecule has 0 aliphatic carbocycles. The molecule has 3 N–H and O–H groups in total. The topological polar surface area (TPSA) is 143 Å². The van der Waals surface area contributed by atoms with Crippen LogP contribution in [0.3, 0.4) is 0 Å². The van der Waals surface area contributed by atoms with Crippen LogP contribution in [0.2, 0.25) is 0 Å². The van der Waals surface area contributed by atoms with Gasteiger partial charge in [0.05, 0.1) is 23.9 Å². The molecule has 11 heteroatoms. The second-order valence-corrected chi connectivity index (χ2v) is 6.24. The molecule has 10 nitrogen and oxygen atoms in total. The quantitative estimate of drug-likeness (QED) is 0.621. The van der Waals surface area contributed by atoms with Gasteiger partial charge in [-0.15, -0.1) is 5.10 Å². The van der Waals surface area contributed by atoms with Crippen molar-refractivity contribution in [3.05, 3.63) is 30.1 Å². The van der Waals surface area contributed by atoms with Gasteiger partial charge in [0.2, 0.25) is 5.03 Å². The molecular formula is C12H12N6O4S. The molecule has 0 radical (unpaired) electrons. The maximum Gasteiger partial charge on any atom is 0.357 e. The Morgan fingerprint density at radius 2 is 2.22 bits per heavy atom. The highest BCUT2D eigenvalue weighted by Gasteiger charge is 2.19. The van der Waals surface area contributed by atoms with Gasteiger partial charge >= 0.3 is 5.97 Å². The van der Waals surface area contributed by atoms with Crippen molar-refractivity contribution in [3.63, 3.8) is 0 Å². The number of aromatic nitrogens is 5. The second-order valence-electron chi connectivity index (χ2n) is 4.61. The predicted octanol–water partition coefficient (Wildman–Crippen LogP) is 0.673. The highest BCUT2D eigenvalue weighted by Crippen LogP contribution is 2.22. The van der Waals surface area contributed by atoms with Gasteiger partial charge in [0.25, 0.3) is 10.0 Å². The summed E-state index contributed by atoms with van der Waals surface area (Å²) in [5.74, 6) is -1.17. The van der Waals surface area contributed by atoms with E-state index < -0.39 is 16.0 Å². The van der Waals surface area contributed by atoms with Crippen LogP contribution in [-0.4, -0.2) is 44.7 Å². The molecule has 0 unspecified atom stereocenters.